The number of aliphatic hydroxyl groups excluding tert-OH is 1. The van der Waals surface area contributed by atoms with Crippen molar-refractivity contribution in [1.29, 1.82) is 0 Å². The van der Waals surface area contributed by atoms with Crippen LogP contribution in [-0.2, 0) is 4.74 Å². The molecule has 0 amide bonds. The third-order valence-electron chi connectivity index (χ3n) is 1.70. The Morgan fingerprint density at radius 3 is 3.30 bits per heavy atom. The summed E-state index contributed by atoms with van der Waals surface area (Å²) in [6, 6.07) is 0.368. The summed E-state index contributed by atoms with van der Waals surface area (Å²) in [4.78, 5) is 0. The van der Waals surface area contributed by atoms with Crippen LogP contribution in [0.15, 0.2) is 0 Å². The largest absolute Gasteiger partial charge is 0.396 e. The van der Waals surface area contributed by atoms with Gasteiger partial charge in [0.1, 0.15) is 0 Å². The summed E-state index contributed by atoms with van der Waals surface area (Å²) in [6.45, 7) is 2.88. The number of ether oxygens (including phenoxy) is 1. The van der Waals surface area contributed by atoms with Gasteiger partial charge in [0.2, 0.25) is 0 Å². The van der Waals surface area contributed by atoms with Crippen molar-refractivity contribution in [3.63, 3.8) is 0 Å². The van der Waals surface area contributed by atoms with Gasteiger partial charge in [-0.1, -0.05) is 0 Å². The van der Waals surface area contributed by atoms with Crippen molar-refractivity contribution < 1.29 is 9.84 Å². The average molecular weight is 145 g/mol. The van der Waals surface area contributed by atoms with Crippen LogP contribution in [0.2, 0.25) is 0 Å². The van der Waals surface area contributed by atoms with Gasteiger partial charge in [0.15, 0.2) is 0 Å². The van der Waals surface area contributed by atoms with Crippen LogP contribution >= 0.6 is 0 Å². The van der Waals surface area contributed by atoms with Gasteiger partial charge >= 0.3 is 0 Å². The number of nitrogens with one attached hydrogen (secondary N) is 1. The van der Waals surface area contributed by atoms with Crippen molar-refractivity contribution in [2.24, 2.45) is 0 Å². The highest BCUT2D eigenvalue weighted by Crippen LogP contribution is 1.97. The van der Waals surface area contributed by atoms with E-state index < -0.39 is 0 Å². The zero-order valence-corrected chi connectivity index (χ0v) is 6.18. The van der Waals surface area contributed by atoms with Crippen LogP contribution in [0.4, 0.5) is 0 Å². The fourth-order valence-electron chi connectivity index (χ4n) is 1.11. The Morgan fingerprint density at radius 1 is 1.60 bits per heavy atom. The zero-order chi connectivity index (χ0) is 7.23. The van der Waals surface area contributed by atoms with E-state index in [4.69, 9.17) is 9.84 Å². The van der Waals surface area contributed by atoms with Gasteiger partial charge in [0.05, 0.1) is 6.61 Å². The minimum atomic E-state index is 0.251. The van der Waals surface area contributed by atoms with Crippen LogP contribution in [0.1, 0.15) is 12.8 Å². The average Bonchev–Trinajstić information content (AvgIpc) is 2.17. The second-order valence-electron chi connectivity index (χ2n) is 2.59. The Labute approximate surface area is 61.4 Å². The van der Waals surface area contributed by atoms with Gasteiger partial charge in [-0.25, -0.2) is 0 Å². The molecule has 1 saturated heterocycles. The molecule has 0 saturated carbocycles. The molecule has 0 radical (unpaired) electrons. The highest BCUT2D eigenvalue weighted by molar-refractivity contribution is 4.67. The van der Waals surface area contributed by atoms with E-state index >= 15 is 0 Å². The zero-order valence-electron chi connectivity index (χ0n) is 6.18. The van der Waals surface area contributed by atoms with Crippen molar-refractivity contribution in [1.82, 2.24) is 5.32 Å². The molecule has 1 rings (SSSR count). The van der Waals surface area contributed by atoms with Crippen molar-refractivity contribution >= 4 is 0 Å². The highest BCUT2D eigenvalue weighted by atomic mass is 16.5. The van der Waals surface area contributed by atoms with Gasteiger partial charge in [-0.15, -0.1) is 0 Å². The molecule has 1 aliphatic rings. The van der Waals surface area contributed by atoms with Crippen molar-refractivity contribution in [3.05, 3.63) is 0 Å². The van der Waals surface area contributed by atoms with E-state index in [9.17, 15) is 0 Å². The molecule has 3 nitrogen and oxygen atoms in total. The lowest BCUT2D eigenvalue weighted by Gasteiger charge is -2.12. The maximum absolute atomic E-state index is 8.61. The van der Waals surface area contributed by atoms with Gasteiger partial charge in [-0.05, 0) is 19.4 Å². The highest BCUT2D eigenvalue weighted by Gasteiger charge is 2.09. The Balaban J connectivity index is 2.15. The van der Waals surface area contributed by atoms with E-state index in [1.807, 2.05) is 0 Å². The molecule has 60 valence electrons. The molecule has 0 bridgehead atoms. The molecule has 1 atom stereocenters. The predicted octanol–water partition coefficient (Wildman–Crippen LogP) is -0.253. The number of hydrogen-bond acceptors (Lipinski definition) is 3. The fourth-order valence-corrected chi connectivity index (χ4v) is 1.11. The molecular formula is C7H15NO2. The Hall–Kier alpha value is -0.120. The van der Waals surface area contributed by atoms with Crippen LogP contribution in [0.25, 0.3) is 0 Å². The van der Waals surface area contributed by atoms with Gasteiger partial charge in [-0.3, -0.25) is 0 Å². The van der Waals surface area contributed by atoms with Crippen LogP contribution in [0.3, 0.4) is 0 Å². The molecule has 0 aliphatic carbocycles. The standard InChI is InChI=1S/C7H15NO2/c9-4-2-7-6-10-5-1-3-8-7/h7-9H,1-6H2/t7-/m0/s1. The lowest BCUT2D eigenvalue weighted by atomic mass is 10.2. The first-order chi connectivity index (χ1) is 4.93. The lowest BCUT2D eigenvalue weighted by Crippen LogP contribution is -2.32. The second kappa shape index (κ2) is 4.66. The van der Waals surface area contributed by atoms with Crippen molar-refractivity contribution in [2.75, 3.05) is 26.4 Å². The van der Waals surface area contributed by atoms with Crippen LogP contribution < -0.4 is 5.32 Å². The van der Waals surface area contributed by atoms with Crippen molar-refractivity contribution in [2.45, 2.75) is 18.9 Å². The molecule has 1 fully saturated rings. The van der Waals surface area contributed by atoms with E-state index in [1.54, 1.807) is 0 Å². The predicted molar refractivity (Wildman–Crippen MR) is 38.9 cm³/mol. The van der Waals surface area contributed by atoms with Crippen molar-refractivity contribution in [3.8, 4) is 0 Å². The fraction of sp³-hybridized carbons (Fsp3) is 1.00. The minimum absolute atomic E-state index is 0.251. The molecule has 0 aromatic carbocycles. The molecule has 0 unspecified atom stereocenters. The molecule has 10 heavy (non-hydrogen) atoms. The minimum Gasteiger partial charge on any atom is -0.396 e. The van der Waals surface area contributed by atoms with Gasteiger partial charge in [-0.2, -0.15) is 0 Å². The van der Waals surface area contributed by atoms with Gasteiger partial charge < -0.3 is 15.2 Å². The first-order valence-corrected chi connectivity index (χ1v) is 3.85. The summed E-state index contributed by atoms with van der Waals surface area (Å²) in [7, 11) is 0. The topological polar surface area (TPSA) is 41.5 Å². The normalized spacial score (nSPS) is 27.9. The van der Waals surface area contributed by atoms with E-state index in [0.29, 0.717) is 6.04 Å². The van der Waals surface area contributed by atoms with Crippen LogP contribution in [-0.4, -0.2) is 37.5 Å². The molecular weight excluding hydrogens is 130 g/mol. The summed E-state index contributed by atoms with van der Waals surface area (Å²) in [6.07, 6.45) is 1.89. The third kappa shape index (κ3) is 2.64. The summed E-state index contributed by atoms with van der Waals surface area (Å²) in [5.74, 6) is 0. The van der Waals surface area contributed by atoms with E-state index in [0.717, 1.165) is 32.6 Å². The Morgan fingerprint density at radius 2 is 2.50 bits per heavy atom. The molecule has 0 aromatic heterocycles. The monoisotopic (exact) mass is 145 g/mol. The summed E-state index contributed by atoms with van der Waals surface area (Å²) < 4.78 is 5.29. The smallest absolute Gasteiger partial charge is 0.0620 e. The van der Waals surface area contributed by atoms with Crippen LogP contribution in [0, 0.1) is 0 Å². The number of aliphatic hydroxyl groups is 1. The van der Waals surface area contributed by atoms with E-state index in [1.165, 1.54) is 0 Å². The quantitative estimate of drug-likeness (QED) is 0.563. The summed E-state index contributed by atoms with van der Waals surface area (Å²) >= 11 is 0. The van der Waals surface area contributed by atoms with Gasteiger partial charge in [0.25, 0.3) is 0 Å². The SMILES string of the molecule is OCC[C@H]1COCCCN1. The van der Waals surface area contributed by atoms with E-state index in [2.05, 4.69) is 5.32 Å². The third-order valence-corrected chi connectivity index (χ3v) is 1.70. The maximum atomic E-state index is 8.61. The molecule has 1 heterocycles. The second-order valence-corrected chi connectivity index (χ2v) is 2.59. The maximum Gasteiger partial charge on any atom is 0.0620 e. The van der Waals surface area contributed by atoms with Crippen LogP contribution in [0.5, 0.6) is 0 Å². The molecule has 0 aromatic rings. The Kier molecular flexibility index (Phi) is 3.72. The molecule has 2 N–H and O–H groups in total. The first-order valence-electron chi connectivity index (χ1n) is 3.85. The summed E-state index contributed by atoms with van der Waals surface area (Å²) in [5.41, 5.74) is 0. The summed E-state index contributed by atoms with van der Waals surface area (Å²) in [5, 5.41) is 11.9. The molecule has 3 heteroatoms. The number of rotatable bonds is 2. The van der Waals surface area contributed by atoms with Gasteiger partial charge in [0, 0.05) is 19.3 Å². The number of hydrogen-bond donors (Lipinski definition) is 2. The Bertz CT molecular complexity index is 79.7. The van der Waals surface area contributed by atoms with E-state index in [-0.39, 0.29) is 6.61 Å². The molecule has 0 spiro atoms. The lowest BCUT2D eigenvalue weighted by molar-refractivity contribution is 0.122. The first kappa shape index (κ1) is 7.98. The molecule has 1 aliphatic heterocycles.